The van der Waals surface area contributed by atoms with Crippen LogP contribution >= 0.6 is 0 Å². The smallest absolute Gasteiger partial charge is 0.252 e. The highest BCUT2D eigenvalue weighted by molar-refractivity contribution is 7.00. The molecule has 0 atom stereocenters. The van der Waals surface area contributed by atoms with Crippen molar-refractivity contribution < 1.29 is 0 Å². The van der Waals surface area contributed by atoms with E-state index in [0.29, 0.717) is 0 Å². The van der Waals surface area contributed by atoms with Crippen molar-refractivity contribution in [3.8, 4) is 11.1 Å². The summed E-state index contributed by atoms with van der Waals surface area (Å²) in [5.41, 5.74) is 30.6. The molecule has 2 heterocycles. The number of hydrogen-bond acceptors (Lipinski definition) is 4. The molecule has 2 aliphatic heterocycles. The summed E-state index contributed by atoms with van der Waals surface area (Å²) in [6, 6.07) is 83.2. The molecule has 3 aliphatic rings. The van der Waals surface area contributed by atoms with E-state index in [1.165, 1.54) is 94.8 Å². The SMILES string of the molecule is CC1(C)Cc2cc3c(cc2C1)N(c1ccc(C(C)(C)C)cc1-c1ccccc1)c1cc(N(c2ccc(C(C)(C)C)cc2)c2ccc(C(C)(C)C)cc2)cc2c1B3c1cc(N(c3ccc(C(C)(C)C)cc3)c3ccc(C(C)(C)C)cc3)ccc1N2c1cccc(C(C)(C)C)c1. The number of benzene rings is 10. The van der Waals surface area contributed by atoms with Crippen molar-refractivity contribution in [1.29, 1.82) is 0 Å². The van der Waals surface area contributed by atoms with E-state index in [-0.39, 0.29) is 44.6 Å². The van der Waals surface area contributed by atoms with Crippen LogP contribution in [-0.2, 0) is 45.3 Å². The molecule has 0 radical (unpaired) electrons. The van der Waals surface area contributed by atoms with Gasteiger partial charge in [-0.05, 0) is 226 Å². The van der Waals surface area contributed by atoms with Gasteiger partial charge in [-0.1, -0.05) is 242 Å². The maximum Gasteiger partial charge on any atom is 0.252 e. The fraction of sp³-hybridized carbons (Fsp3) is 0.326. The minimum absolute atomic E-state index is 0.00118. The van der Waals surface area contributed by atoms with Crippen molar-refractivity contribution in [2.75, 3.05) is 19.6 Å². The quantitative estimate of drug-likeness (QED) is 0.134. The van der Waals surface area contributed by atoms with Gasteiger partial charge in [0, 0.05) is 62.4 Å². The van der Waals surface area contributed by atoms with Crippen molar-refractivity contribution in [2.24, 2.45) is 5.41 Å². The Balaban J connectivity index is 1.18. The second-order valence-electron chi connectivity index (χ2n) is 34.4. The van der Waals surface area contributed by atoms with Crippen molar-refractivity contribution >= 4 is 91.3 Å². The normalized spacial score (nSPS) is 14.5. The predicted molar refractivity (Wildman–Crippen MR) is 409 cm³/mol. The van der Waals surface area contributed by atoms with Crippen LogP contribution < -0.4 is 36.0 Å². The van der Waals surface area contributed by atoms with Crippen LogP contribution in [0.1, 0.15) is 183 Å². The molecule has 0 bridgehead atoms. The molecule has 13 rings (SSSR count). The molecule has 0 saturated heterocycles. The monoisotopic (exact) mass is 1230 g/mol. The molecule has 10 aromatic rings. The lowest BCUT2D eigenvalue weighted by atomic mass is 9.33. The van der Waals surface area contributed by atoms with Crippen molar-refractivity contribution in [1.82, 2.24) is 0 Å². The first-order chi connectivity index (χ1) is 44.1. The van der Waals surface area contributed by atoms with Gasteiger partial charge in [-0.15, -0.1) is 0 Å². The molecule has 0 fully saturated rings. The van der Waals surface area contributed by atoms with E-state index in [2.05, 4.69) is 370 Å². The molecule has 0 unspecified atom stereocenters. The lowest BCUT2D eigenvalue weighted by molar-refractivity contribution is 0.392. The molecule has 0 saturated carbocycles. The van der Waals surface area contributed by atoms with Gasteiger partial charge in [0.1, 0.15) is 0 Å². The summed E-state index contributed by atoms with van der Waals surface area (Å²) >= 11 is 0. The summed E-state index contributed by atoms with van der Waals surface area (Å²) in [5.74, 6) is 0. The van der Waals surface area contributed by atoms with E-state index in [4.69, 9.17) is 0 Å². The van der Waals surface area contributed by atoms with Gasteiger partial charge in [0.15, 0.2) is 0 Å². The van der Waals surface area contributed by atoms with Gasteiger partial charge in [-0.3, -0.25) is 0 Å². The van der Waals surface area contributed by atoms with Crippen LogP contribution in [0.5, 0.6) is 0 Å². The van der Waals surface area contributed by atoms with Crippen LogP contribution in [0.4, 0.5) is 68.2 Å². The largest absolute Gasteiger partial charge is 0.311 e. The van der Waals surface area contributed by atoms with E-state index in [1.54, 1.807) is 0 Å². The van der Waals surface area contributed by atoms with Gasteiger partial charge in [-0.25, -0.2) is 0 Å². The minimum atomic E-state index is -0.163. The summed E-state index contributed by atoms with van der Waals surface area (Å²) in [7, 11) is 0. The Morgan fingerprint density at radius 1 is 0.309 bits per heavy atom. The molecule has 5 heteroatoms. The Kier molecular flexibility index (Phi) is 15.6. The second-order valence-corrected chi connectivity index (χ2v) is 34.4. The molecule has 0 aromatic heterocycles. The zero-order valence-electron chi connectivity index (χ0n) is 60.0. The minimum Gasteiger partial charge on any atom is -0.311 e. The lowest BCUT2D eigenvalue weighted by Gasteiger charge is -2.46. The molecule has 0 N–H and O–H groups in total. The lowest BCUT2D eigenvalue weighted by Crippen LogP contribution is -2.61. The summed E-state index contributed by atoms with van der Waals surface area (Å²) in [6.07, 6.45) is 2.04. The first-order valence-corrected chi connectivity index (χ1v) is 34.5. The van der Waals surface area contributed by atoms with Crippen LogP contribution in [-0.4, -0.2) is 6.71 Å². The number of nitrogens with zero attached hydrogens (tertiary/aromatic N) is 4. The van der Waals surface area contributed by atoms with Gasteiger partial charge < -0.3 is 19.6 Å². The molecule has 0 spiro atoms. The summed E-state index contributed by atoms with van der Waals surface area (Å²) in [5, 5.41) is 0. The highest BCUT2D eigenvalue weighted by Crippen LogP contribution is 2.53. The average molecular weight is 1240 g/mol. The summed E-state index contributed by atoms with van der Waals surface area (Å²) in [6.45, 7) is 46.5. The van der Waals surface area contributed by atoms with Crippen molar-refractivity contribution in [3.05, 3.63) is 257 Å². The summed E-state index contributed by atoms with van der Waals surface area (Å²) in [4.78, 5) is 10.4. The summed E-state index contributed by atoms with van der Waals surface area (Å²) < 4.78 is 0. The number of hydrogen-bond donors (Lipinski definition) is 0. The Bertz CT molecular complexity index is 4380. The highest BCUT2D eigenvalue weighted by Gasteiger charge is 2.46. The molecule has 94 heavy (non-hydrogen) atoms. The standard InChI is InChI=1S/C89H99BN4/c1-83(2,3)61-29-38-67(39-30-61)91(68-40-31-62(32-41-68)84(4,5)6)72-46-48-78-76(53-72)90-75-49-59-56-89(19,20)57-60(59)50-79(75)94(77-47-37-66(88(16,17)18)52-74(77)58-25-22-21-23-26-58)81-55-73(54-80(82(81)90)93(78)71-28-24-27-65(51-71)87(13,14)15)92(69-42-33-63(34-43-69)85(7,8)9)70-44-35-64(36-45-70)86(10,11)12/h21-55H,56-57H2,1-20H3. The number of rotatable bonds is 9. The van der Waals surface area contributed by atoms with Crippen LogP contribution in [0.15, 0.2) is 212 Å². The van der Waals surface area contributed by atoms with Crippen LogP contribution in [0.3, 0.4) is 0 Å². The molecule has 478 valence electrons. The van der Waals surface area contributed by atoms with Crippen LogP contribution in [0.25, 0.3) is 11.1 Å². The van der Waals surface area contributed by atoms with E-state index >= 15 is 0 Å². The number of anilines is 12. The van der Waals surface area contributed by atoms with Crippen molar-refractivity contribution in [3.63, 3.8) is 0 Å². The third-order valence-electron chi connectivity index (χ3n) is 20.3. The van der Waals surface area contributed by atoms with E-state index < -0.39 is 0 Å². The van der Waals surface area contributed by atoms with E-state index in [0.717, 1.165) is 58.3 Å². The zero-order chi connectivity index (χ0) is 67.0. The maximum atomic E-state index is 2.70. The molecular formula is C89H99BN4. The first kappa shape index (κ1) is 64.2. The van der Waals surface area contributed by atoms with E-state index in [9.17, 15) is 0 Å². The third kappa shape index (κ3) is 12.0. The molecule has 4 nitrogen and oxygen atoms in total. The fourth-order valence-electron chi connectivity index (χ4n) is 14.8. The molecule has 0 amide bonds. The second kappa shape index (κ2) is 22.9. The average Bonchev–Trinajstić information content (AvgIpc) is 0.834. The van der Waals surface area contributed by atoms with Crippen molar-refractivity contribution in [2.45, 2.75) is 184 Å². The van der Waals surface area contributed by atoms with Gasteiger partial charge in [0.2, 0.25) is 0 Å². The third-order valence-corrected chi connectivity index (χ3v) is 20.3. The van der Waals surface area contributed by atoms with Gasteiger partial charge in [-0.2, -0.15) is 0 Å². The van der Waals surface area contributed by atoms with Gasteiger partial charge in [0.25, 0.3) is 6.71 Å². The first-order valence-electron chi connectivity index (χ1n) is 34.5. The van der Waals surface area contributed by atoms with E-state index in [1.807, 2.05) is 0 Å². The van der Waals surface area contributed by atoms with Gasteiger partial charge >= 0.3 is 0 Å². The fourth-order valence-corrected chi connectivity index (χ4v) is 14.8. The maximum absolute atomic E-state index is 2.70. The molecular weight excluding hydrogens is 1140 g/mol. The number of fused-ring (bicyclic) bond motifs is 5. The van der Waals surface area contributed by atoms with Crippen LogP contribution in [0.2, 0.25) is 0 Å². The molecule has 1 aliphatic carbocycles. The van der Waals surface area contributed by atoms with Gasteiger partial charge in [0.05, 0.1) is 11.4 Å². The zero-order valence-corrected chi connectivity index (χ0v) is 60.0. The Morgan fingerprint density at radius 3 is 1.17 bits per heavy atom. The highest BCUT2D eigenvalue weighted by atomic mass is 15.2. The molecule has 10 aromatic carbocycles. The predicted octanol–water partition coefficient (Wildman–Crippen LogP) is 23.3. The Morgan fingerprint density at radius 2 is 0.702 bits per heavy atom. The topological polar surface area (TPSA) is 13.0 Å². The van der Waals surface area contributed by atoms with Crippen LogP contribution in [0, 0.1) is 5.41 Å². The Hall–Kier alpha value is -8.54. The Labute approximate surface area is 564 Å².